The van der Waals surface area contributed by atoms with Crippen LogP contribution in [0.15, 0.2) is 36.5 Å². The van der Waals surface area contributed by atoms with Crippen molar-refractivity contribution in [2.24, 2.45) is 0 Å². The highest BCUT2D eigenvalue weighted by atomic mass is 35.5. The molecule has 2 aromatic rings. The first-order valence-corrected chi connectivity index (χ1v) is 5.85. The molecule has 0 saturated heterocycles. The van der Waals surface area contributed by atoms with E-state index in [1.165, 1.54) is 0 Å². The quantitative estimate of drug-likeness (QED) is 0.856. The summed E-state index contributed by atoms with van der Waals surface area (Å²) in [4.78, 5) is 0. The maximum Gasteiger partial charge on any atom is 0.120 e. The van der Waals surface area contributed by atoms with Gasteiger partial charge in [0.25, 0.3) is 0 Å². The van der Waals surface area contributed by atoms with Crippen LogP contribution in [-0.2, 0) is 19.6 Å². The fourth-order valence-electron chi connectivity index (χ4n) is 1.78. The van der Waals surface area contributed by atoms with Crippen LogP contribution in [0.5, 0.6) is 5.75 Å². The molecule has 1 heterocycles. The van der Waals surface area contributed by atoms with Crippen molar-refractivity contribution in [3.8, 4) is 5.75 Å². The zero-order valence-electron chi connectivity index (χ0n) is 10.4. The van der Waals surface area contributed by atoms with Crippen molar-refractivity contribution >= 4 is 12.4 Å². The number of alkyl halides is 1. The Balaban J connectivity index is 0.00000180. The van der Waals surface area contributed by atoms with Gasteiger partial charge in [-0.15, -0.1) is 12.4 Å². The molecule has 0 unspecified atom stereocenters. The number of aromatic hydroxyl groups is 1. The van der Waals surface area contributed by atoms with Crippen LogP contribution in [0.3, 0.4) is 0 Å². The molecule has 1 aromatic carbocycles. The van der Waals surface area contributed by atoms with Crippen LogP contribution in [0.1, 0.15) is 11.3 Å². The van der Waals surface area contributed by atoms with Crippen molar-refractivity contribution in [3.05, 3.63) is 47.8 Å². The van der Waals surface area contributed by atoms with Gasteiger partial charge in [0.2, 0.25) is 0 Å². The number of hydrogen-bond donors (Lipinski definition) is 2. The van der Waals surface area contributed by atoms with E-state index in [0.717, 1.165) is 11.3 Å². The highest BCUT2D eigenvalue weighted by Gasteiger charge is 2.03. The Hall–Kier alpha value is -1.59. The second-order valence-corrected chi connectivity index (χ2v) is 3.97. The van der Waals surface area contributed by atoms with Gasteiger partial charge in [-0.3, -0.25) is 4.68 Å². The predicted molar refractivity (Wildman–Crippen MR) is 74.1 cm³/mol. The molecule has 104 valence electrons. The van der Waals surface area contributed by atoms with Gasteiger partial charge >= 0.3 is 0 Å². The number of para-hydroxylation sites is 1. The number of rotatable bonds is 6. The van der Waals surface area contributed by atoms with Crippen LogP contribution < -0.4 is 5.32 Å². The molecule has 0 aliphatic carbocycles. The van der Waals surface area contributed by atoms with Crippen LogP contribution >= 0.6 is 12.4 Å². The standard InChI is InChI=1S/C13H16FN3O.ClH/c14-6-8-17-12(5-7-16-17)10-15-9-11-3-1-2-4-13(11)18;/h1-5,7,15,18H,6,8-10H2;1H. The predicted octanol–water partition coefficient (Wildman–Crippen LogP) is 2.27. The van der Waals surface area contributed by atoms with E-state index in [9.17, 15) is 9.50 Å². The number of benzene rings is 1. The van der Waals surface area contributed by atoms with Crippen LogP contribution in [-0.4, -0.2) is 21.6 Å². The minimum atomic E-state index is -0.422. The lowest BCUT2D eigenvalue weighted by Crippen LogP contribution is -2.17. The second kappa shape index (κ2) is 7.76. The number of halogens is 2. The van der Waals surface area contributed by atoms with E-state index in [2.05, 4.69) is 10.4 Å². The van der Waals surface area contributed by atoms with E-state index in [-0.39, 0.29) is 24.7 Å². The van der Waals surface area contributed by atoms with Gasteiger partial charge in [0, 0.05) is 24.8 Å². The van der Waals surface area contributed by atoms with Crippen molar-refractivity contribution in [3.63, 3.8) is 0 Å². The average Bonchev–Trinajstić information content (AvgIpc) is 2.80. The van der Waals surface area contributed by atoms with Gasteiger partial charge in [-0.1, -0.05) is 18.2 Å². The van der Waals surface area contributed by atoms with E-state index in [1.54, 1.807) is 23.0 Å². The van der Waals surface area contributed by atoms with Crippen molar-refractivity contribution < 1.29 is 9.50 Å². The van der Waals surface area contributed by atoms with Gasteiger partial charge in [-0.2, -0.15) is 5.10 Å². The summed E-state index contributed by atoms with van der Waals surface area (Å²) in [7, 11) is 0. The molecule has 0 amide bonds. The third-order valence-electron chi connectivity index (χ3n) is 2.71. The summed E-state index contributed by atoms with van der Waals surface area (Å²) < 4.78 is 13.9. The van der Waals surface area contributed by atoms with E-state index in [1.807, 2.05) is 18.2 Å². The molecule has 1 aromatic heterocycles. The maximum absolute atomic E-state index is 12.3. The largest absolute Gasteiger partial charge is 0.508 e. The van der Waals surface area contributed by atoms with Crippen LogP contribution in [0.2, 0.25) is 0 Å². The van der Waals surface area contributed by atoms with Gasteiger partial charge in [0.1, 0.15) is 12.4 Å². The maximum atomic E-state index is 12.3. The fourth-order valence-corrected chi connectivity index (χ4v) is 1.78. The normalized spacial score (nSPS) is 10.2. The molecule has 0 bridgehead atoms. The van der Waals surface area contributed by atoms with E-state index in [4.69, 9.17) is 0 Å². The summed E-state index contributed by atoms with van der Waals surface area (Å²) >= 11 is 0. The summed E-state index contributed by atoms with van der Waals surface area (Å²) in [5, 5.41) is 16.8. The smallest absolute Gasteiger partial charge is 0.120 e. The zero-order chi connectivity index (χ0) is 12.8. The zero-order valence-corrected chi connectivity index (χ0v) is 11.2. The number of hydrogen-bond acceptors (Lipinski definition) is 3. The molecule has 0 spiro atoms. The van der Waals surface area contributed by atoms with Gasteiger partial charge in [0.15, 0.2) is 0 Å². The number of phenols is 1. The lowest BCUT2D eigenvalue weighted by molar-refractivity contribution is 0.416. The second-order valence-electron chi connectivity index (χ2n) is 3.97. The van der Waals surface area contributed by atoms with E-state index in [0.29, 0.717) is 13.1 Å². The van der Waals surface area contributed by atoms with Crippen LogP contribution in [0.25, 0.3) is 0 Å². The Morgan fingerprint density at radius 1 is 1.21 bits per heavy atom. The number of aromatic nitrogens is 2. The van der Waals surface area contributed by atoms with E-state index >= 15 is 0 Å². The highest BCUT2D eigenvalue weighted by Crippen LogP contribution is 2.15. The molecular weight excluding hydrogens is 269 g/mol. The third-order valence-corrected chi connectivity index (χ3v) is 2.71. The number of phenolic OH excluding ortho intramolecular Hbond substituents is 1. The molecule has 4 nitrogen and oxygen atoms in total. The van der Waals surface area contributed by atoms with Gasteiger partial charge in [-0.05, 0) is 12.1 Å². The van der Waals surface area contributed by atoms with Crippen molar-refractivity contribution in [2.45, 2.75) is 19.6 Å². The Kier molecular flexibility index (Phi) is 6.32. The fraction of sp³-hybridized carbons (Fsp3) is 0.308. The molecule has 0 saturated carbocycles. The summed E-state index contributed by atoms with van der Waals surface area (Å²) in [5.41, 5.74) is 1.78. The lowest BCUT2D eigenvalue weighted by atomic mass is 10.2. The minimum absolute atomic E-state index is 0. The molecule has 0 fully saturated rings. The first-order chi connectivity index (χ1) is 8.81. The average molecular weight is 286 g/mol. The number of aryl methyl sites for hydroxylation is 1. The van der Waals surface area contributed by atoms with Gasteiger partial charge < -0.3 is 10.4 Å². The molecular formula is C13H17ClFN3O. The molecule has 19 heavy (non-hydrogen) atoms. The third kappa shape index (κ3) is 4.22. The molecule has 2 rings (SSSR count). The van der Waals surface area contributed by atoms with Crippen molar-refractivity contribution in [1.29, 1.82) is 0 Å². The van der Waals surface area contributed by atoms with Crippen LogP contribution in [0.4, 0.5) is 4.39 Å². The first kappa shape index (κ1) is 15.5. The molecule has 0 aliphatic rings. The Morgan fingerprint density at radius 3 is 2.74 bits per heavy atom. The minimum Gasteiger partial charge on any atom is -0.508 e. The molecule has 0 radical (unpaired) electrons. The monoisotopic (exact) mass is 285 g/mol. The lowest BCUT2D eigenvalue weighted by Gasteiger charge is -2.08. The van der Waals surface area contributed by atoms with Crippen molar-refractivity contribution in [2.75, 3.05) is 6.67 Å². The van der Waals surface area contributed by atoms with E-state index < -0.39 is 6.67 Å². The van der Waals surface area contributed by atoms with Gasteiger partial charge in [-0.25, -0.2) is 4.39 Å². The highest BCUT2D eigenvalue weighted by molar-refractivity contribution is 5.85. The van der Waals surface area contributed by atoms with Crippen LogP contribution in [0, 0.1) is 0 Å². The summed E-state index contributed by atoms with van der Waals surface area (Å²) in [5.74, 6) is 0.280. The Labute approximate surface area is 117 Å². The van der Waals surface area contributed by atoms with Crippen molar-refractivity contribution in [1.82, 2.24) is 15.1 Å². The molecule has 0 aliphatic heterocycles. The number of nitrogens with zero attached hydrogens (tertiary/aromatic N) is 2. The Bertz CT molecular complexity index is 504. The topological polar surface area (TPSA) is 50.1 Å². The summed E-state index contributed by atoms with van der Waals surface area (Å²) in [6, 6.07) is 9.04. The molecule has 0 atom stereocenters. The first-order valence-electron chi connectivity index (χ1n) is 5.85. The summed E-state index contributed by atoms with van der Waals surface area (Å²) in [6.07, 6.45) is 1.66. The number of nitrogens with one attached hydrogen (secondary N) is 1. The SMILES string of the molecule is Cl.Oc1ccccc1CNCc1ccnn1CCF. The Morgan fingerprint density at radius 2 is 2.00 bits per heavy atom. The summed E-state index contributed by atoms with van der Waals surface area (Å²) in [6.45, 7) is 1.01. The molecule has 2 N–H and O–H groups in total. The molecule has 6 heteroatoms. The van der Waals surface area contributed by atoms with Gasteiger partial charge in [0.05, 0.1) is 12.2 Å².